The fourth-order valence-corrected chi connectivity index (χ4v) is 3.72. The minimum atomic E-state index is -3.45. The summed E-state index contributed by atoms with van der Waals surface area (Å²) in [6.07, 6.45) is 3.55. The molecule has 7 heteroatoms. The summed E-state index contributed by atoms with van der Waals surface area (Å²) in [5, 5.41) is 3.16. The molecule has 0 bridgehead atoms. The lowest BCUT2D eigenvalue weighted by Crippen LogP contribution is -2.32. The van der Waals surface area contributed by atoms with Gasteiger partial charge in [0, 0.05) is 37.5 Å². The maximum atomic E-state index is 12.3. The second-order valence-electron chi connectivity index (χ2n) is 5.36. The van der Waals surface area contributed by atoms with Crippen LogP contribution in [0.15, 0.2) is 17.2 Å². The number of nitrogens with one attached hydrogen (secondary N) is 3. The van der Waals surface area contributed by atoms with Crippen LogP contribution in [0.2, 0.25) is 0 Å². The van der Waals surface area contributed by atoms with Crippen LogP contribution >= 0.6 is 0 Å². The van der Waals surface area contributed by atoms with Crippen molar-refractivity contribution in [3.8, 4) is 0 Å². The molecule has 0 saturated carbocycles. The van der Waals surface area contributed by atoms with Crippen molar-refractivity contribution in [1.29, 1.82) is 0 Å². The van der Waals surface area contributed by atoms with E-state index >= 15 is 0 Å². The van der Waals surface area contributed by atoms with E-state index in [0.29, 0.717) is 18.0 Å². The molecule has 0 radical (unpaired) electrons. The Morgan fingerprint density at radius 2 is 2.24 bits per heavy atom. The van der Waals surface area contributed by atoms with Gasteiger partial charge in [-0.05, 0) is 25.5 Å². The zero-order valence-corrected chi connectivity index (χ0v) is 13.5. The zero-order valence-electron chi connectivity index (χ0n) is 12.7. The highest BCUT2D eigenvalue weighted by Gasteiger charge is 2.28. The van der Waals surface area contributed by atoms with Crippen LogP contribution in [-0.4, -0.2) is 39.2 Å². The van der Waals surface area contributed by atoms with Crippen molar-refractivity contribution in [1.82, 2.24) is 15.0 Å². The Bertz CT molecular complexity index is 541. The van der Waals surface area contributed by atoms with Crippen LogP contribution < -0.4 is 10.0 Å². The van der Waals surface area contributed by atoms with Crippen molar-refractivity contribution in [3.05, 3.63) is 18.0 Å². The van der Waals surface area contributed by atoms with Gasteiger partial charge in [-0.25, -0.2) is 13.1 Å². The topological polar surface area (TPSA) is 83.2 Å². The van der Waals surface area contributed by atoms with Gasteiger partial charge >= 0.3 is 0 Å². The standard InChI is InChI=1S/C14H25N3O3S/c1-3-14-11(5-6-20-14)8-17-21(18,19)13-7-12(16-10-13)9-15-4-2/h7,10-11,14-17H,3-6,8-9H2,1-2H3. The molecular weight excluding hydrogens is 290 g/mol. The summed E-state index contributed by atoms with van der Waals surface area (Å²) in [6, 6.07) is 1.67. The lowest BCUT2D eigenvalue weighted by Gasteiger charge is -2.16. The predicted octanol–water partition coefficient (Wildman–Crippen LogP) is 1.22. The quantitative estimate of drug-likeness (QED) is 0.673. The molecule has 3 N–H and O–H groups in total. The van der Waals surface area contributed by atoms with E-state index in [1.165, 1.54) is 6.20 Å². The van der Waals surface area contributed by atoms with Crippen LogP contribution in [0.5, 0.6) is 0 Å². The second kappa shape index (κ2) is 7.40. The van der Waals surface area contributed by atoms with Gasteiger partial charge in [0.05, 0.1) is 11.0 Å². The Morgan fingerprint density at radius 1 is 1.43 bits per heavy atom. The second-order valence-corrected chi connectivity index (χ2v) is 7.13. The molecule has 0 aromatic carbocycles. The molecule has 2 heterocycles. The molecule has 1 aliphatic heterocycles. The largest absolute Gasteiger partial charge is 0.378 e. The van der Waals surface area contributed by atoms with Gasteiger partial charge in [-0.15, -0.1) is 0 Å². The van der Waals surface area contributed by atoms with Crippen molar-refractivity contribution in [3.63, 3.8) is 0 Å². The number of H-pyrrole nitrogens is 1. The molecule has 21 heavy (non-hydrogen) atoms. The van der Waals surface area contributed by atoms with E-state index in [-0.39, 0.29) is 12.0 Å². The van der Waals surface area contributed by atoms with Crippen molar-refractivity contribution in [2.24, 2.45) is 5.92 Å². The highest BCUT2D eigenvalue weighted by molar-refractivity contribution is 7.89. The van der Waals surface area contributed by atoms with Crippen molar-refractivity contribution in [2.75, 3.05) is 19.7 Å². The summed E-state index contributed by atoms with van der Waals surface area (Å²) < 4.78 is 32.8. The van der Waals surface area contributed by atoms with Crippen LogP contribution in [0.4, 0.5) is 0 Å². The van der Waals surface area contributed by atoms with Crippen LogP contribution in [0, 0.1) is 5.92 Å². The normalized spacial score (nSPS) is 22.8. The summed E-state index contributed by atoms with van der Waals surface area (Å²) in [7, 11) is -3.45. The van der Waals surface area contributed by atoms with Gasteiger partial charge in [0.1, 0.15) is 0 Å². The molecule has 0 aliphatic carbocycles. The van der Waals surface area contributed by atoms with Crippen LogP contribution in [0.3, 0.4) is 0 Å². The molecule has 0 spiro atoms. The number of aromatic amines is 1. The fraction of sp³-hybridized carbons (Fsp3) is 0.714. The molecule has 1 saturated heterocycles. The van der Waals surface area contributed by atoms with E-state index in [1.807, 2.05) is 6.92 Å². The molecule has 1 aromatic heterocycles. The first-order chi connectivity index (χ1) is 10.1. The van der Waals surface area contributed by atoms with Gasteiger partial charge in [-0.3, -0.25) is 0 Å². The number of ether oxygens (including phenoxy) is 1. The number of hydrogen-bond acceptors (Lipinski definition) is 4. The van der Waals surface area contributed by atoms with E-state index in [9.17, 15) is 8.42 Å². The Balaban J connectivity index is 1.93. The van der Waals surface area contributed by atoms with E-state index in [4.69, 9.17) is 4.74 Å². The van der Waals surface area contributed by atoms with E-state index in [1.54, 1.807) is 6.07 Å². The predicted molar refractivity (Wildman–Crippen MR) is 81.5 cm³/mol. The lowest BCUT2D eigenvalue weighted by molar-refractivity contribution is 0.0884. The summed E-state index contributed by atoms with van der Waals surface area (Å²) in [6.45, 7) is 6.73. The van der Waals surface area contributed by atoms with Crippen molar-refractivity contribution >= 4 is 10.0 Å². The van der Waals surface area contributed by atoms with Crippen LogP contribution in [0.1, 0.15) is 32.4 Å². The van der Waals surface area contributed by atoms with Crippen molar-refractivity contribution < 1.29 is 13.2 Å². The Kier molecular flexibility index (Phi) is 5.80. The Labute approximate surface area is 126 Å². The molecule has 2 unspecified atom stereocenters. The maximum absolute atomic E-state index is 12.3. The summed E-state index contributed by atoms with van der Waals surface area (Å²) in [5.41, 5.74) is 0.868. The molecule has 0 amide bonds. The summed E-state index contributed by atoms with van der Waals surface area (Å²) >= 11 is 0. The molecule has 1 fully saturated rings. The molecule has 2 atom stereocenters. The van der Waals surface area contributed by atoms with Gasteiger partial charge in [-0.2, -0.15) is 0 Å². The highest BCUT2D eigenvalue weighted by atomic mass is 32.2. The SMILES string of the molecule is CCNCc1cc(S(=O)(=O)NCC2CCOC2CC)c[nH]1. The Hall–Kier alpha value is -0.890. The molecule has 120 valence electrons. The molecule has 2 rings (SSSR count). The number of hydrogen-bond donors (Lipinski definition) is 3. The van der Waals surface area contributed by atoms with Gasteiger partial charge in [0.2, 0.25) is 10.0 Å². The highest BCUT2D eigenvalue weighted by Crippen LogP contribution is 2.23. The molecule has 1 aromatic rings. The first-order valence-electron chi connectivity index (χ1n) is 7.56. The summed E-state index contributed by atoms with van der Waals surface area (Å²) in [4.78, 5) is 3.28. The maximum Gasteiger partial charge on any atom is 0.242 e. The van der Waals surface area contributed by atoms with E-state index in [0.717, 1.165) is 31.7 Å². The van der Waals surface area contributed by atoms with Crippen LogP contribution in [0.25, 0.3) is 0 Å². The third-order valence-corrected chi connectivity index (χ3v) is 5.28. The third kappa shape index (κ3) is 4.29. The van der Waals surface area contributed by atoms with Crippen molar-refractivity contribution in [2.45, 2.75) is 44.2 Å². The van der Waals surface area contributed by atoms with Crippen LogP contribution in [-0.2, 0) is 21.3 Å². The average Bonchev–Trinajstić information content (AvgIpc) is 3.12. The molecule has 6 nitrogen and oxygen atoms in total. The van der Waals surface area contributed by atoms with Gasteiger partial charge in [0.15, 0.2) is 0 Å². The van der Waals surface area contributed by atoms with Gasteiger partial charge in [-0.1, -0.05) is 13.8 Å². The smallest absolute Gasteiger partial charge is 0.242 e. The van der Waals surface area contributed by atoms with E-state index < -0.39 is 10.0 Å². The lowest BCUT2D eigenvalue weighted by atomic mass is 10.0. The fourth-order valence-electron chi connectivity index (χ4n) is 2.61. The first kappa shape index (κ1) is 16.5. The summed E-state index contributed by atoms with van der Waals surface area (Å²) in [5.74, 6) is 0.268. The van der Waals surface area contributed by atoms with Gasteiger partial charge < -0.3 is 15.0 Å². The van der Waals surface area contributed by atoms with Gasteiger partial charge in [0.25, 0.3) is 0 Å². The average molecular weight is 315 g/mol. The monoisotopic (exact) mass is 315 g/mol. The minimum Gasteiger partial charge on any atom is -0.378 e. The Morgan fingerprint density at radius 3 is 2.95 bits per heavy atom. The zero-order chi connectivity index (χ0) is 15.3. The number of sulfonamides is 1. The minimum absolute atomic E-state index is 0.170. The number of rotatable bonds is 8. The third-order valence-electron chi connectivity index (χ3n) is 3.88. The first-order valence-corrected chi connectivity index (χ1v) is 9.04. The molecule has 1 aliphatic rings. The molecular formula is C14H25N3O3S. The number of aromatic nitrogens is 1. The van der Waals surface area contributed by atoms with E-state index in [2.05, 4.69) is 21.9 Å².